The van der Waals surface area contributed by atoms with Gasteiger partial charge in [-0.25, -0.2) is 0 Å². The van der Waals surface area contributed by atoms with Gasteiger partial charge >= 0.3 is 0 Å². The van der Waals surface area contributed by atoms with E-state index in [0.29, 0.717) is 38.8 Å². The first-order valence-electron chi connectivity index (χ1n) is 7.89. The number of terminal acetylenes is 1. The number of nitrogens with one attached hydrogen (secondary N) is 1. The van der Waals surface area contributed by atoms with Gasteiger partial charge in [-0.2, -0.15) is 10.2 Å². The lowest BCUT2D eigenvalue weighted by Gasteiger charge is -2.09. The van der Waals surface area contributed by atoms with Gasteiger partial charge in [-0.15, -0.1) is 17.4 Å². The number of nitrogens with zero attached hydrogens (tertiary/aromatic N) is 5. The molecule has 0 aromatic carbocycles. The highest BCUT2D eigenvalue weighted by molar-refractivity contribution is 5.90. The summed E-state index contributed by atoms with van der Waals surface area (Å²) in [5, 5.41) is 18.3. The highest BCUT2D eigenvalue weighted by Crippen LogP contribution is 2.37. The van der Waals surface area contributed by atoms with Crippen LogP contribution in [0.15, 0.2) is 16.4 Å². The Labute approximate surface area is 140 Å². The molecule has 0 saturated carbocycles. The van der Waals surface area contributed by atoms with Crippen molar-refractivity contribution in [1.29, 1.82) is 0 Å². The number of carbonyl (C=O) groups is 2. The fourth-order valence-corrected chi connectivity index (χ4v) is 2.22. The van der Waals surface area contributed by atoms with Gasteiger partial charge in [-0.05, 0) is 12.8 Å². The van der Waals surface area contributed by atoms with E-state index in [1.54, 1.807) is 4.68 Å². The average molecular weight is 331 g/mol. The van der Waals surface area contributed by atoms with Gasteiger partial charge in [0.25, 0.3) is 5.91 Å². The largest absolute Gasteiger partial charge is 0.364 e. The van der Waals surface area contributed by atoms with Crippen molar-refractivity contribution in [3.63, 3.8) is 0 Å². The molecule has 1 aliphatic rings. The van der Waals surface area contributed by atoms with Gasteiger partial charge in [0.15, 0.2) is 11.4 Å². The summed E-state index contributed by atoms with van der Waals surface area (Å²) in [7, 11) is 0. The third kappa shape index (κ3) is 5.46. The third-order valence-corrected chi connectivity index (χ3v) is 3.73. The molecule has 9 heteroatoms. The van der Waals surface area contributed by atoms with Crippen LogP contribution in [-0.2, 0) is 11.3 Å². The molecule has 0 fully saturated rings. The van der Waals surface area contributed by atoms with E-state index in [0.717, 1.165) is 12.8 Å². The van der Waals surface area contributed by atoms with Crippen molar-refractivity contribution in [3.05, 3.63) is 11.9 Å². The number of primary amides is 1. The molecule has 0 bridgehead atoms. The van der Waals surface area contributed by atoms with Crippen LogP contribution >= 0.6 is 0 Å². The van der Waals surface area contributed by atoms with Crippen molar-refractivity contribution >= 4 is 11.8 Å². The highest BCUT2D eigenvalue weighted by Gasteiger charge is 2.39. The minimum atomic E-state index is -0.595. The molecule has 0 atom stereocenters. The van der Waals surface area contributed by atoms with Crippen molar-refractivity contribution in [2.24, 2.45) is 16.0 Å². The molecule has 2 rings (SSSR count). The second-order valence-electron chi connectivity index (χ2n) is 5.67. The van der Waals surface area contributed by atoms with E-state index in [-0.39, 0.29) is 11.6 Å². The number of hydrogen-bond acceptors (Lipinski definition) is 6. The number of aromatic nitrogens is 3. The van der Waals surface area contributed by atoms with Crippen LogP contribution in [0.4, 0.5) is 0 Å². The summed E-state index contributed by atoms with van der Waals surface area (Å²) in [5.74, 6) is 1.96. The number of nitrogens with two attached hydrogens (primary N) is 1. The van der Waals surface area contributed by atoms with Crippen molar-refractivity contribution in [3.8, 4) is 12.3 Å². The fraction of sp³-hybridized carbons (Fsp3) is 0.600. The van der Waals surface area contributed by atoms with Gasteiger partial charge in [-0.3, -0.25) is 14.3 Å². The Morgan fingerprint density at radius 2 is 2.12 bits per heavy atom. The smallest absolute Gasteiger partial charge is 0.270 e. The summed E-state index contributed by atoms with van der Waals surface area (Å²) in [5.41, 5.74) is 4.84. The van der Waals surface area contributed by atoms with Gasteiger partial charge in [-0.1, -0.05) is 5.21 Å². The molecule has 1 aromatic rings. The van der Waals surface area contributed by atoms with Crippen molar-refractivity contribution in [2.75, 3.05) is 6.54 Å². The Bertz CT molecular complexity index is 653. The standard InChI is InChI=1S/C15H21N7O2/c1-2-3-7-15(19-20-15)8-6-13(23)17-9-4-5-10-22-11-12(14(16)24)18-21-22/h1,11H,3-10H2,(H2,16,24)(H,17,23). The molecule has 9 nitrogen and oxygen atoms in total. The highest BCUT2D eigenvalue weighted by atomic mass is 16.2. The third-order valence-electron chi connectivity index (χ3n) is 3.73. The maximum atomic E-state index is 11.8. The zero-order valence-electron chi connectivity index (χ0n) is 13.4. The van der Waals surface area contributed by atoms with Crippen molar-refractivity contribution in [1.82, 2.24) is 20.3 Å². The van der Waals surface area contributed by atoms with E-state index in [4.69, 9.17) is 12.2 Å². The monoisotopic (exact) mass is 331 g/mol. The Balaban J connectivity index is 1.53. The summed E-state index contributed by atoms with van der Waals surface area (Å²) < 4.78 is 1.56. The molecule has 2 amide bonds. The minimum Gasteiger partial charge on any atom is -0.364 e. The van der Waals surface area contributed by atoms with Crippen LogP contribution in [0.1, 0.15) is 49.0 Å². The van der Waals surface area contributed by atoms with Gasteiger partial charge in [0, 0.05) is 38.8 Å². The lowest BCUT2D eigenvalue weighted by Crippen LogP contribution is -2.26. The summed E-state index contributed by atoms with van der Waals surface area (Å²) in [6, 6.07) is 0. The Morgan fingerprint density at radius 3 is 2.75 bits per heavy atom. The summed E-state index contributed by atoms with van der Waals surface area (Å²) >= 11 is 0. The summed E-state index contributed by atoms with van der Waals surface area (Å²) in [6.45, 7) is 1.20. The van der Waals surface area contributed by atoms with Crippen LogP contribution in [0.5, 0.6) is 0 Å². The van der Waals surface area contributed by atoms with E-state index >= 15 is 0 Å². The maximum absolute atomic E-state index is 11.8. The molecular weight excluding hydrogens is 310 g/mol. The maximum Gasteiger partial charge on any atom is 0.270 e. The number of rotatable bonds is 11. The quantitative estimate of drug-likeness (QED) is 0.455. The normalized spacial score (nSPS) is 14.1. The van der Waals surface area contributed by atoms with E-state index in [2.05, 4.69) is 31.8 Å². The molecule has 0 saturated heterocycles. The Hall–Kier alpha value is -2.76. The van der Waals surface area contributed by atoms with Crippen molar-refractivity contribution < 1.29 is 9.59 Å². The van der Waals surface area contributed by atoms with Crippen LogP contribution in [-0.4, -0.2) is 39.0 Å². The van der Waals surface area contributed by atoms with Gasteiger partial charge in [0.2, 0.25) is 5.91 Å². The predicted molar refractivity (Wildman–Crippen MR) is 85.7 cm³/mol. The number of unbranched alkanes of at least 4 members (excludes halogenated alkanes) is 1. The first kappa shape index (κ1) is 17.6. The zero-order valence-corrected chi connectivity index (χ0v) is 13.4. The van der Waals surface area contributed by atoms with Crippen molar-refractivity contribution in [2.45, 2.75) is 50.7 Å². The fourth-order valence-electron chi connectivity index (χ4n) is 2.22. The van der Waals surface area contributed by atoms with Gasteiger partial charge < -0.3 is 11.1 Å². The summed E-state index contributed by atoms with van der Waals surface area (Å²) in [6.07, 6.45) is 10.7. The molecule has 3 N–H and O–H groups in total. The van der Waals surface area contributed by atoms with Crippen LogP contribution in [0.25, 0.3) is 0 Å². The molecule has 1 aliphatic heterocycles. The van der Waals surface area contributed by atoms with Crippen LogP contribution in [0, 0.1) is 12.3 Å². The molecule has 0 aliphatic carbocycles. The zero-order chi connectivity index (χ0) is 17.4. The van der Waals surface area contributed by atoms with Crippen LogP contribution in [0.3, 0.4) is 0 Å². The topological polar surface area (TPSA) is 128 Å². The Kier molecular flexibility index (Phi) is 6.01. The SMILES string of the molecule is C#CCCC1(CCC(=O)NCCCCn2cc(C(N)=O)nn2)N=N1. The number of carbonyl (C=O) groups excluding carboxylic acids is 2. The average Bonchev–Trinajstić information content (AvgIpc) is 3.17. The molecule has 128 valence electrons. The van der Waals surface area contributed by atoms with Gasteiger partial charge in [0.05, 0.1) is 6.20 Å². The van der Waals surface area contributed by atoms with E-state index in [1.165, 1.54) is 6.20 Å². The molecule has 0 radical (unpaired) electrons. The first-order chi connectivity index (χ1) is 11.5. The number of amides is 2. The lowest BCUT2D eigenvalue weighted by molar-refractivity contribution is -0.121. The van der Waals surface area contributed by atoms with E-state index in [1.807, 2.05) is 0 Å². The second kappa shape index (κ2) is 8.19. The summed E-state index contributed by atoms with van der Waals surface area (Å²) in [4.78, 5) is 22.7. The lowest BCUT2D eigenvalue weighted by atomic mass is 10.0. The minimum absolute atomic E-state index is 0.0100. The van der Waals surface area contributed by atoms with E-state index in [9.17, 15) is 9.59 Å². The number of aryl methyl sites for hydroxylation is 1. The Morgan fingerprint density at radius 1 is 1.33 bits per heavy atom. The molecule has 0 unspecified atom stereocenters. The molecule has 24 heavy (non-hydrogen) atoms. The number of hydrogen-bond donors (Lipinski definition) is 2. The van der Waals surface area contributed by atoms with Crippen LogP contribution < -0.4 is 11.1 Å². The van der Waals surface area contributed by atoms with E-state index < -0.39 is 11.6 Å². The molecule has 1 aromatic heterocycles. The molecule has 2 heterocycles. The molecule has 0 spiro atoms. The molecular formula is C15H21N7O2. The van der Waals surface area contributed by atoms with Gasteiger partial charge in [0.1, 0.15) is 0 Å². The predicted octanol–water partition coefficient (Wildman–Crippen LogP) is 0.629. The first-order valence-corrected chi connectivity index (χ1v) is 7.89. The second-order valence-corrected chi connectivity index (χ2v) is 5.67. The van der Waals surface area contributed by atoms with Crippen LogP contribution in [0.2, 0.25) is 0 Å².